The molecule has 0 radical (unpaired) electrons. The van der Waals surface area contributed by atoms with Crippen LogP contribution in [0, 0.1) is 0 Å². The summed E-state index contributed by atoms with van der Waals surface area (Å²) in [4.78, 5) is 27.7. The van der Waals surface area contributed by atoms with E-state index in [0.717, 1.165) is 36.6 Å². The van der Waals surface area contributed by atoms with Gasteiger partial charge in [0.15, 0.2) is 5.69 Å². The van der Waals surface area contributed by atoms with Crippen LogP contribution in [-0.4, -0.2) is 33.9 Å². The topological polar surface area (TPSA) is 78.2 Å². The summed E-state index contributed by atoms with van der Waals surface area (Å²) in [5.41, 5.74) is 3.00. The standard InChI is InChI=1S/C31H30N4O3/c1-34-25-13-7-6-12-24(25)26-27(33-35(30(37)28(26)34)22-14-16-23(38-2)17-15-22)29(36)32-20-31(18-8-9-19-31)21-10-4-3-5-11-21/h3-7,10-17H,8-9,18-20H2,1-2H3,(H,32,36). The van der Waals surface area contributed by atoms with Gasteiger partial charge in [-0.1, -0.05) is 61.4 Å². The summed E-state index contributed by atoms with van der Waals surface area (Å²) in [7, 11) is 3.45. The van der Waals surface area contributed by atoms with Gasteiger partial charge >= 0.3 is 0 Å². The van der Waals surface area contributed by atoms with E-state index in [1.54, 1.807) is 31.4 Å². The molecule has 1 aliphatic rings. The molecule has 0 bridgehead atoms. The van der Waals surface area contributed by atoms with Gasteiger partial charge < -0.3 is 14.6 Å². The molecule has 0 atom stereocenters. The van der Waals surface area contributed by atoms with Gasteiger partial charge in [-0.2, -0.15) is 9.78 Å². The Morgan fingerprint density at radius 1 is 0.974 bits per heavy atom. The van der Waals surface area contributed by atoms with Gasteiger partial charge in [0, 0.05) is 35.3 Å². The molecular formula is C31H30N4O3. The van der Waals surface area contributed by atoms with E-state index in [1.165, 1.54) is 10.2 Å². The van der Waals surface area contributed by atoms with Crippen molar-refractivity contribution >= 4 is 27.7 Å². The van der Waals surface area contributed by atoms with Gasteiger partial charge in [0.25, 0.3) is 11.5 Å². The zero-order valence-electron chi connectivity index (χ0n) is 21.6. The summed E-state index contributed by atoms with van der Waals surface area (Å²) in [5.74, 6) is 0.393. The van der Waals surface area contributed by atoms with Crippen LogP contribution in [0.15, 0.2) is 83.7 Å². The Hall–Kier alpha value is -4.39. The number of nitrogens with one attached hydrogen (secondary N) is 1. The number of methoxy groups -OCH3 is 1. The largest absolute Gasteiger partial charge is 0.497 e. The first-order valence-electron chi connectivity index (χ1n) is 13.0. The third kappa shape index (κ3) is 3.86. The third-order valence-corrected chi connectivity index (χ3v) is 8.00. The Kier molecular flexibility index (Phi) is 5.98. The third-order valence-electron chi connectivity index (χ3n) is 8.00. The highest BCUT2D eigenvalue weighted by molar-refractivity contribution is 6.16. The van der Waals surface area contributed by atoms with E-state index in [4.69, 9.17) is 4.74 Å². The molecule has 2 aromatic heterocycles. The van der Waals surface area contributed by atoms with Crippen LogP contribution in [0.2, 0.25) is 0 Å². The van der Waals surface area contributed by atoms with Crippen LogP contribution in [0.1, 0.15) is 41.7 Å². The van der Waals surface area contributed by atoms with Gasteiger partial charge in [-0.15, -0.1) is 0 Å². The quantitative estimate of drug-likeness (QED) is 0.346. The van der Waals surface area contributed by atoms with Gasteiger partial charge in [0.2, 0.25) is 0 Å². The molecule has 1 saturated carbocycles. The average molecular weight is 507 g/mol. The van der Waals surface area contributed by atoms with E-state index in [0.29, 0.717) is 28.9 Å². The summed E-state index contributed by atoms with van der Waals surface area (Å²) in [6, 6.07) is 25.3. The number of hydrogen-bond acceptors (Lipinski definition) is 4. The molecule has 1 amide bonds. The number of fused-ring (bicyclic) bond motifs is 3. The molecule has 1 aliphatic carbocycles. The lowest BCUT2D eigenvalue weighted by Gasteiger charge is -2.30. The number of aryl methyl sites for hydroxylation is 1. The number of carbonyl (C=O) groups excluding carboxylic acids is 1. The number of nitrogens with zero attached hydrogens (tertiary/aromatic N) is 3. The molecule has 7 heteroatoms. The van der Waals surface area contributed by atoms with Crippen molar-refractivity contribution in [3.05, 3.63) is 100 Å². The minimum absolute atomic E-state index is 0.0980. The maximum atomic E-state index is 13.9. The van der Waals surface area contributed by atoms with Crippen LogP contribution >= 0.6 is 0 Å². The number of carbonyl (C=O) groups is 1. The van der Waals surface area contributed by atoms with Gasteiger partial charge in [0.05, 0.1) is 12.8 Å². The second-order valence-corrected chi connectivity index (χ2v) is 10.1. The number of amides is 1. The summed E-state index contributed by atoms with van der Waals surface area (Å²) in [6.45, 7) is 0.519. The van der Waals surface area contributed by atoms with E-state index < -0.39 is 0 Å². The van der Waals surface area contributed by atoms with Crippen molar-refractivity contribution < 1.29 is 9.53 Å². The highest BCUT2D eigenvalue weighted by Crippen LogP contribution is 2.40. The molecule has 1 N–H and O–H groups in total. The Bertz CT molecular complexity index is 1700. The van der Waals surface area contributed by atoms with Crippen molar-refractivity contribution in [3.8, 4) is 11.4 Å². The van der Waals surface area contributed by atoms with Crippen LogP contribution < -0.4 is 15.6 Å². The summed E-state index contributed by atoms with van der Waals surface area (Å²) in [5, 5.41) is 9.30. The Morgan fingerprint density at radius 3 is 2.37 bits per heavy atom. The second-order valence-electron chi connectivity index (χ2n) is 10.1. The number of aromatic nitrogens is 3. The molecule has 0 saturated heterocycles. The van der Waals surface area contributed by atoms with Crippen LogP contribution in [-0.2, 0) is 12.5 Å². The van der Waals surface area contributed by atoms with E-state index in [9.17, 15) is 9.59 Å². The van der Waals surface area contributed by atoms with Gasteiger partial charge in [-0.25, -0.2) is 0 Å². The average Bonchev–Trinajstić information content (AvgIpc) is 3.57. The lowest BCUT2D eigenvalue weighted by atomic mass is 9.79. The first-order chi connectivity index (χ1) is 18.5. The summed E-state index contributed by atoms with van der Waals surface area (Å²) >= 11 is 0. The van der Waals surface area contributed by atoms with Crippen molar-refractivity contribution in [2.24, 2.45) is 7.05 Å². The van der Waals surface area contributed by atoms with Gasteiger partial charge in [-0.3, -0.25) is 9.59 Å². The molecular weight excluding hydrogens is 476 g/mol. The zero-order chi connectivity index (χ0) is 26.3. The fourth-order valence-electron chi connectivity index (χ4n) is 5.98. The Labute approximate surface area is 220 Å². The molecule has 0 aliphatic heterocycles. The first-order valence-corrected chi connectivity index (χ1v) is 13.0. The number of ether oxygens (including phenoxy) is 1. The maximum absolute atomic E-state index is 13.9. The molecule has 0 unspecified atom stereocenters. The van der Waals surface area contributed by atoms with Crippen LogP contribution in [0.5, 0.6) is 5.75 Å². The second kappa shape index (κ2) is 9.49. The number of rotatable bonds is 6. The normalized spacial score (nSPS) is 14.7. The first kappa shape index (κ1) is 24.0. The molecule has 3 aromatic carbocycles. The van der Waals surface area contributed by atoms with Crippen molar-refractivity contribution in [2.75, 3.05) is 13.7 Å². The van der Waals surface area contributed by atoms with E-state index >= 15 is 0 Å². The number of para-hydroxylation sites is 1. The molecule has 2 heterocycles. The fraction of sp³-hybridized carbons (Fsp3) is 0.258. The number of benzene rings is 3. The van der Waals surface area contributed by atoms with E-state index in [1.807, 2.05) is 41.9 Å². The summed E-state index contributed by atoms with van der Waals surface area (Å²) < 4.78 is 8.45. The van der Waals surface area contributed by atoms with Crippen molar-refractivity contribution in [1.29, 1.82) is 0 Å². The van der Waals surface area contributed by atoms with Crippen LogP contribution in [0.25, 0.3) is 27.5 Å². The van der Waals surface area contributed by atoms with Crippen molar-refractivity contribution in [2.45, 2.75) is 31.1 Å². The van der Waals surface area contributed by atoms with E-state index in [-0.39, 0.29) is 22.6 Å². The minimum atomic E-state index is -0.282. The monoisotopic (exact) mass is 506 g/mol. The molecule has 0 spiro atoms. The van der Waals surface area contributed by atoms with Crippen LogP contribution in [0.3, 0.4) is 0 Å². The van der Waals surface area contributed by atoms with Gasteiger partial charge in [-0.05, 0) is 48.7 Å². The molecule has 192 valence electrons. The SMILES string of the molecule is COc1ccc(-n2nc(C(=O)NCC3(c4ccccc4)CCCC3)c3c4ccccc4n(C)c3c2=O)cc1. The lowest BCUT2D eigenvalue weighted by Crippen LogP contribution is -2.40. The van der Waals surface area contributed by atoms with Crippen molar-refractivity contribution in [1.82, 2.24) is 19.7 Å². The smallest absolute Gasteiger partial charge is 0.296 e. The zero-order valence-corrected chi connectivity index (χ0v) is 21.6. The van der Waals surface area contributed by atoms with E-state index in [2.05, 4.69) is 34.7 Å². The lowest BCUT2D eigenvalue weighted by molar-refractivity contribution is 0.0938. The van der Waals surface area contributed by atoms with Crippen molar-refractivity contribution in [3.63, 3.8) is 0 Å². The molecule has 7 nitrogen and oxygen atoms in total. The molecule has 5 aromatic rings. The molecule has 1 fully saturated rings. The highest BCUT2D eigenvalue weighted by Gasteiger charge is 2.36. The Balaban J connectivity index is 1.48. The molecule has 38 heavy (non-hydrogen) atoms. The maximum Gasteiger partial charge on any atom is 0.296 e. The minimum Gasteiger partial charge on any atom is -0.497 e. The Morgan fingerprint density at radius 2 is 1.66 bits per heavy atom. The predicted molar refractivity (Wildman–Crippen MR) is 149 cm³/mol. The predicted octanol–water partition coefficient (Wildman–Crippen LogP) is 5.13. The highest BCUT2D eigenvalue weighted by atomic mass is 16.5. The van der Waals surface area contributed by atoms with Crippen LogP contribution in [0.4, 0.5) is 0 Å². The van der Waals surface area contributed by atoms with Gasteiger partial charge in [0.1, 0.15) is 11.3 Å². The number of hydrogen-bond donors (Lipinski definition) is 1. The fourth-order valence-corrected chi connectivity index (χ4v) is 5.98. The summed E-state index contributed by atoms with van der Waals surface area (Å²) in [6.07, 6.45) is 4.33. The molecule has 6 rings (SSSR count).